The molecule has 1 rings (SSSR count). The summed E-state index contributed by atoms with van der Waals surface area (Å²) < 4.78 is 5.49. The minimum atomic E-state index is -0.858. The van der Waals surface area contributed by atoms with Gasteiger partial charge in [-0.3, -0.25) is 0 Å². The highest BCUT2D eigenvalue weighted by Crippen LogP contribution is 2.28. The molecule has 0 heterocycles. The predicted molar refractivity (Wildman–Crippen MR) is 54.2 cm³/mol. The van der Waals surface area contributed by atoms with E-state index < -0.39 is 12.1 Å². The van der Waals surface area contributed by atoms with E-state index in [9.17, 15) is 4.79 Å². The summed E-state index contributed by atoms with van der Waals surface area (Å²) in [6, 6.07) is 0. The Morgan fingerprint density at radius 3 is 2.86 bits per heavy atom. The molecule has 0 radical (unpaired) electrons. The molecule has 0 aromatic heterocycles. The van der Waals surface area contributed by atoms with Gasteiger partial charge in [-0.05, 0) is 25.7 Å². The molecule has 3 heteroatoms. The van der Waals surface area contributed by atoms with Crippen LogP contribution in [0.5, 0.6) is 0 Å². The first kappa shape index (κ1) is 11.5. The molecule has 0 aliphatic heterocycles. The molecule has 0 aromatic carbocycles. The fourth-order valence-electron chi connectivity index (χ4n) is 2.08. The molecule has 0 amide bonds. The topological polar surface area (TPSA) is 46.5 Å². The predicted octanol–water partition coefficient (Wildman–Crippen LogP) is 2.44. The van der Waals surface area contributed by atoms with Crippen LogP contribution < -0.4 is 0 Å². The third kappa shape index (κ3) is 3.29. The highest BCUT2D eigenvalue weighted by molar-refractivity contribution is 5.71. The van der Waals surface area contributed by atoms with Crippen molar-refractivity contribution in [1.29, 1.82) is 0 Å². The van der Waals surface area contributed by atoms with Crippen LogP contribution in [0.3, 0.4) is 0 Å². The maximum absolute atomic E-state index is 10.6. The summed E-state index contributed by atoms with van der Waals surface area (Å²) in [5.74, 6) is -0.127. The fourth-order valence-corrected chi connectivity index (χ4v) is 2.08. The molecular formula is C11H20O3. The van der Waals surface area contributed by atoms with Gasteiger partial charge in [0, 0.05) is 0 Å². The van der Waals surface area contributed by atoms with E-state index >= 15 is 0 Å². The standard InChI is InChI=1S/C11H20O3/c1-3-9-5-4-6-10(7-9)14-8(2)11(12)13/h8-10H,3-7H2,1-2H3,(H,12,13)/t8-,9?,10?/m1/s1. The zero-order chi connectivity index (χ0) is 10.6. The van der Waals surface area contributed by atoms with Gasteiger partial charge in [-0.15, -0.1) is 0 Å². The molecule has 1 saturated carbocycles. The summed E-state index contributed by atoms with van der Waals surface area (Å²) in [4.78, 5) is 10.6. The number of carboxylic acid groups (broad SMARTS) is 1. The van der Waals surface area contributed by atoms with E-state index in [1.165, 1.54) is 19.3 Å². The van der Waals surface area contributed by atoms with Gasteiger partial charge in [-0.2, -0.15) is 0 Å². The van der Waals surface area contributed by atoms with Crippen molar-refractivity contribution in [3.8, 4) is 0 Å². The van der Waals surface area contributed by atoms with E-state index in [1.807, 2.05) is 0 Å². The molecule has 14 heavy (non-hydrogen) atoms. The van der Waals surface area contributed by atoms with E-state index in [4.69, 9.17) is 9.84 Å². The van der Waals surface area contributed by atoms with Crippen molar-refractivity contribution in [3.05, 3.63) is 0 Å². The number of hydrogen-bond acceptors (Lipinski definition) is 2. The lowest BCUT2D eigenvalue weighted by Gasteiger charge is -2.29. The van der Waals surface area contributed by atoms with Gasteiger partial charge in [-0.1, -0.05) is 26.2 Å². The van der Waals surface area contributed by atoms with E-state index in [-0.39, 0.29) is 6.10 Å². The summed E-state index contributed by atoms with van der Waals surface area (Å²) in [6.45, 7) is 3.80. The van der Waals surface area contributed by atoms with Crippen LogP contribution in [0, 0.1) is 5.92 Å². The van der Waals surface area contributed by atoms with Crippen LogP contribution in [-0.2, 0) is 9.53 Å². The Morgan fingerprint density at radius 2 is 2.29 bits per heavy atom. The molecule has 1 aliphatic rings. The van der Waals surface area contributed by atoms with Gasteiger partial charge < -0.3 is 9.84 Å². The quantitative estimate of drug-likeness (QED) is 0.758. The van der Waals surface area contributed by atoms with E-state index in [0.29, 0.717) is 0 Å². The second kappa shape index (κ2) is 5.35. The molecule has 1 N–H and O–H groups in total. The maximum Gasteiger partial charge on any atom is 0.332 e. The van der Waals surface area contributed by atoms with Crippen LogP contribution in [0.4, 0.5) is 0 Å². The molecule has 82 valence electrons. The molecule has 3 nitrogen and oxygen atoms in total. The lowest BCUT2D eigenvalue weighted by atomic mass is 9.85. The molecule has 1 aliphatic carbocycles. The number of rotatable bonds is 4. The Morgan fingerprint density at radius 1 is 1.57 bits per heavy atom. The van der Waals surface area contributed by atoms with Gasteiger partial charge in [-0.25, -0.2) is 4.79 Å². The van der Waals surface area contributed by atoms with Gasteiger partial charge in [0.1, 0.15) is 0 Å². The Balaban J connectivity index is 2.33. The molecule has 0 saturated heterocycles. The van der Waals surface area contributed by atoms with Crippen molar-refractivity contribution in [2.75, 3.05) is 0 Å². The van der Waals surface area contributed by atoms with E-state index in [1.54, 1.807) is 6.92 Å². The van der Waals surface area contributed by atoms with E-state index in [2.05, 4.69) is 6.92 Å². The number of carboxylic acids is 1. The lowest BCUT2D eigenvalue weighted by Crippen LogP contribution is -2.30. The van der Waals surface area contributed by atoms with Crippen molar-refractivity contribution in [2.24, 2.45) is 5.92 Å². The van der Waals surface area contributed by atoms with Crippen molar-refractivity contribution in [3.63, 3.8) is 0 Å². The number of carbonyl (C=O) groups is 1. The Hall–Kier alpha value is -0.570. The monoisotopic (exact) mass is 200 g/mol. The summed E-state index contributed by atoms with van der Waals surface area (Å²) in [7, 11) is 0. The molecular weight excluding hydrogens is 180 g/mol. The van der Waals surface area contributed by atoms with Gasteiger partial charge in [0.05, 0.1) is 6.10 Å². The number of aliphatic carboxylic acids is 1. The largest absolute Gasteiger partial charge is 0.479 e. The molecule has 0 spiro atoms. The SMILES string of the molecule is CCC1CCCC(O[C@H](C)C(=O)O)C1. The van der Waals surface area contributed by atoms with E-state index in [0.717, 1.165) is 18.8 Å². The molecule has 0 aromatic rings. The Labute approximate surface area is 85.5 Å². The molecule has 3 atom stereocenters. The summed E-state index contributed by atoms with van der Waals surface area (Å²) in [6.07, 6.45) is 5.20. The minimum Gasteiger partial charge on any atom is -0.479 e. The van der Waals surface area contributed by atoms with Crippen LogP contribution >= 0.6 is 0 Å². The first-order chi connectivity index (χ1) is 6.63. The second-order valence-electron chi connectivity index (χ2n) is 4.18. The average molecular weight is 200 g/mol. The third-order valence-electron chi connectivity index (χ3n) is 3.06. The zero-order valence-corrected chi connectivity index (χ0v) is 9.03. The highest BCUT2D eigenvalue weighted by atomic mass is 16.5. The lowest BCUT2D eigenvalue weighted by molar-refractivity contribution is -0.154. The highest BCUT2D eigenvalue weighted by Gasteiger charge is 2.24. The first-order valence-corrected chi connectivity index (χ1v) is 5.51. The third-order valence-corrected chi connectivity index (χ3v) is 3.06. The van der Waals surface area contributed by atoms with Crippen molar-refractivity contribution < 1.29 is 14.6 Å². The summed E-state index contributed by atoms with van der Waals surface area (Å²) >= 11 is 0. The zero-order valence-electron chi connectivity index (χ0n) is 9.03. The normalized spacial score (nSPS) is 29.9. The number of ether oxygens (including phenoxy) is 1. The second-order valence-corrected chi connectivity index (χ2v) is 4.18. The van der Waals surface area contributed by atoms with Gasteiger partial charge in [0.2, 0.25) is 0 Å². The van der Waals surface area contributed by atoms with Crippen LogP contribution in [0.15, 0.2) is 0 Å². The van der Waals surface area contributed by atoms with Gasteiger partial charge in [0.25, 0.3) is 0 Å². The van der Waals surface area contributed by atoms with Gasteiger partial charge in [0.15, 0.2) is 6.10 Å². The fraction of sp³-hybridized carbons (Fsp3) is 0.909. The minimum absolute atomic E-state index is 0.166. The van der Waals surface area contributed by atoms with Crippen molar-refractivity contribution in [2.45, 2.75) is 58.2 Å². The summed E-state index contributed by atoms with van der Waals surface area (Å²) in [5, 5.41) is 8.71. The van der Waals surface area contributed by atoms with Crippen molar-refractivity contribution >= 4 is 5.97 Å². The smallest absolute Gasteiger partial charge is 0.332 e. The van der Waals surface area contributed by atoms with Crippen LogP contribution in [-0.4, -0.2) is 23.3 Å². The van der Waals surface area contributed by atoms with Crippen molar-refractivity contribution in [1.82, 2.24) is 0 Å². The first-order valence-electron chi connectivity index (χ1n) is 5.51. The Bertz CT molecular complexity index is 191. The van der Waals surface area contributed by atoms with Crippen LogP contribution in [0.25, 0.3) is 0 Å². The molecule has 0 bridgehead atoms. The van der Waals surface area contributed by atoms with Crippen LogP contribution in [0.1, 0.15) is 46.0 Å². The van der Waals surface area contributed by atoms with Gasteiger partial charge >= 0.3 is 5.97 Å². The maximum atomic E-state index is 10.6. The Kier molecular flexibility index (Phi) is 4.39. The molecule has 1 fully saturated rings. The average Bonchev–Trinajstić information content (AvgIpc) is 2.18. The number of hydrogen-bond donors (Lipinski definition) is 1. The molecule has 2 unspecified atom stereocenters. The summed E-state index contributed by atoms with van der Waals surface area (Å²) in [5.41, 5.74) is 0. The van der Waals surface area contributed by atoms with Crippen LogP contribution in [0.2, 0.25) is 0 Å².